The van der Waals surface area contributed by atoms with Gasteiger partial charge in [0.1, 0.15) is 0 Å². The van der Waals surface area contributed by atoms with E-state index in [4.69, 9.17) is 6.87 Å². The maximum atomic E-state index is 8.48. The Hall–Kier alpha value is -0.180. The van der Waals surface area contributed by atoms with E-state index in [1.54, 1.807) is 0 Å². The van der Waals surface area contributed by atoms with Gasteiger partial charge in [-0.2, -0.15) is 0 Å². The van der Waals surface area contributed by atoms with Crippen molar-refractivity contribution in [1.82, 2.24) is 0 Å². The second kappa shape index (κ2) is 8.91. The van der Waals surface area contributed by atoms with E-state index in [0.717, 1.165) is 0 Å². The number of hydrogen-bond acceptors (Lipinski definition) is 2. The van der Waals surface area contributed by atoms with Crippen LogP contribution < -0.4 is 50.1 Å². The summed E-state index contributed by atoms with van der Waals surface area (Å²) in [6, 6.07) is 21.4. The molecule has 0 aliphatic heterocycles. The highest BCUT2D eigenvalue weighted by atomic mass is 127. The third kappa shape index (κ3) is 5.78. The monoisotopic (exact) mass is 440 g/mol. The summed E-state index contributed by atoms with van der Waals surface area (Å²) < 4.78 is 19.9. The van der Waals surface area contributed by atoms with Gasteiger partial charge in [0.05, 0.1) is 0 Å². The Morgan fingerprint density at radius 1 is 0.625 bits per heavy atom. The molecule has 0 bridgehead atoms. The van der Waals surface area contributed by atoms with E-state index < -0.39 is 22.0 Å². The maximum absolute atomic E-state index is 8.48. The summed E-state index contributed by atoms with van der Waals surface area (Å²) >= 11 is -1.88. The Balaban J connectivity index is 0.000000386. The zero-order valence-corrected chi connectivity index (χ0v) is 12.7. The number of halogens is 2. The zero-order chi connectivity index (χ0) is 11.6. The fraction of sp³-hybridized carbons (Fsp3) is 0. The van der Waals surface area contributed by atoms with Gasteiger partial charge in [0.15, 0.2) is 29.2 Å². The van der Waals surface area contributed by atoms with Crippen LogP contribution in [0.25, 0.3) is 0 Å². The first-order valence-electron chi connectivity index (χ1n) is 4.51. The van der Waals surface area contributed by atoms with Crippen molar-refractivity contribution < 1.29 is 50.1 Å². The lowest BCUT2D eigenvalue weighted by atomic mass is 10.4. The van der Waals surface area contributed by atoms with Gasteiger partial charge >= 0.3 is 21.2 Å². The van der Waals surface area contributed by atoms with Crippen LogP contribution >= 0.6 is 0 Å². The highest BCUT2D eigenvalue weighted by Crippen LogP contribution is 1.85. The van der Waals surface area contributed by atoms with E-state index >= 15 is 0 Å². The molecule has 0 fully saturated rings. The van der Waals surface area contributed by atoms with Crippen molar-refractivity contribution in [2.24, 2.45) is 0 Å². The lowest BCUT2D eigenvalue weighted by Crippen LogP contribution is -3.77. The van der Waals surface area contributed by atoms with Gasteiger partial charge in [-0.15, -0.1) is 0 Å². The second-order valence-corrected chi connectivity index (χ2v) is 6.14. The Kier molecular flexibility index (Phi) is 7.73. The lowest BCUT2D eigenvalue weighted by molar-refractivity contribution is -1.41. The fourth-order valence-corrected chi connectivity index (χ4v) is 3.35. The molecule has 0 aliphatic carbocycles. The molecular formula is C12H10I2O2. The SMILES string of the molecule is [O-][I+][O-].c1ccc([I+]c2ccccc2)cc1. The predicted octanol–water partition coefficient (Wildman–Crippen LogP) is -5.56. The Bertz CT molecular complexity index is 341. The molecule has 0 saturated carbocycles. The van der Waals surface area contributed by atoms with Crippen LogP contribution in [0.3, 0.4) is 0 Å². The molecule has 0 atom stereocenters. The van der Waals surface area contributed by atoms with E-state index in [1.807, 2.05) is 0 Å². The lowest BCUT2D eigenvalue weighted by Gasteiger charge is -1.84. The van der Waals surface area contributed by atoms with Crippen LogP contribution in [-0.2, 0) is 0 Å². The minimum Gasteiger partial charge on any atom is -0.599 e. The number of benzene rings is 2. The molecule has 0 spiro atoms. The molecule has 0 radical (unpaired) electrons. The largest absolute Gasteiger partial charge is 0.599 e. The van der Waals surface area contributed by atoms with Crippen molar-refractivity contribution in [2.45, 2.75) is 0 Å². The number of rotatable bonds is 2. The van der Waals surface area contributed by atoms with Crippen molar-refractivity contribution >= 4 is 0 Å². The highest BCUT2D eigenvalue weighted by Gasteiger charge is 2.12. The van der Waals surface area contributed by atoms with Gasteiger partial charge in [0, 0.05) is 0 Å². The number of hydrogen-bond donors (Lipinski definition) is 0. The highest BCUT2D eigenvalue weighted by molar-refractivity contribution is 5.02. The molecular weight excluding hydrogens is 430 g/mol. The van der Waals surface area contributed by atoms with Crippen molar-refractivity contribution in [2.75, 3.05) is 0 Å². The molecule has 4 heteroatoms. The smallest absolute Gasteiger partial charge is 0.357 e. The van der Waals surface area contributed by atoms with Gasteiger partial charge < -0.3 is 6.87 Å². The van der Waals surface area contributed by atoms with Gasteiger partial charge in [-0.3, -0.25) is 0 Å². The normalized spacial score (nSPS) is 9.12. The van der Waals surface area contributed by atoms with Gasteiger partial charge in [-0.25, -0.2) is 0 Å². The van der Waals surface area contributed by atoms with E-state index in [2.05, 4.69) is 60.7 Å². The average Bonchev–Trinajstić information content (AvgIpc) is 2.33. The Morgan fingerprint density at radius 3 is 1.25 bits per heavy atom. The first-order chi connectivity index (χ1) is 7.86. The molecule has 0 heterocycles. The van der Waals surface area contributed by atoms with Crippen molar-refractivity contribution in [1.29, 1.82) is 0 Å². The first kappa shape index (κ1) is 13.9. The van der Waals surface area contributed by atoms with Gasteiger partial charge in [-0.1, -0.05) is 36.4 Å². The average molecular weight is 440 g/mol. The summed E-state index contributed by atoms with van der Waals surface area (Å²) in [6.45, 7) is 0. The summed E-state index contributed by atoms with van der Waals surface area (Å²) in [6.07, 6.45) is 0. The Labute approximate surface area is 117 Å². The minimum absolute atomic E-state index is 0.0287. The molecule has 0 aromatic heterocycles. The Morgan fingerprint density at radius 2 is 0.938 bits per heavy atom. The minimum atomic E-state index is -1.91. The van der Waals surface area contributed by atoms with E-state index in [1.165, 1.54) is 7.14 Å². The predicted molar refractivity (Wildman–Crippen MR) is 50.3 cm³/mol. The topological polar surface area (TPSA) is 46.1 Å². The van der Waals surface area contributed by atoms with Crippen LogP contribution in [0.5, 0.6) is 0 Å². The molecule has 2 nitrogen and oxygen atoms in total. The third-order valence-corrected chi connectivity index (χ3v) is 4.37. The second-order valence-electron chi connectivity index (χ2n) is 2.75. The molecule has 0 N–H and O–H groups in total. The molecule has 84 valence electrons. The summed E-state index contributed by atoms with van der Waals surface area (Å²) in [5.74, 6) is 0. The summed E-state index contributed by atoms with van der Waals surface area (Å²) in [7, 11) is 0. The maximum Gasteiger partial charge on any atom is 0.357 e. The standard InChI is InChI=1S/C12H10I.IO2/c1-3-7-11(8-4-1)13-12-9-5-2-6-10-12;2-1-3/h1-10H;/q+1;-1. The van der Waals surface area contributed by atoms with E-state index in [9.17, 15) is 0 Å². The van der Waals surface area contributed by atoms with E-state index in [-0.39, 0.29) is 21.2 Å². The first-order valence-corrected chi connectivity index (χ1v) is 8.43. The van der Waals surface area contributed by atoms with Crippen molar-refractivity contribution in [3.63, 3.8) is 0 Å². The van der Waals surface area contributed by atoms with Crippen LogP contribution in [-0.4, -0.2) is 0 Å². The van der Waals surface area contributed by atoms with Crippen LogP contribution in [0.2, 0.25) is 0 Å². The van der Waals surface area contributed by atoms with Gasteiger partial charge in [0.25, 0.3) is 0 Å². The quantitative estimate of drug-likeness (QED) is 0.438. The van der Waals surface area contributed by atoms with E-state index in [0.29, 0.717) is 0 Å². The molecule has 0 aliphatic rings. The van der Waals surface area contributed by atoms with Crippen LogP contribution in [0.1, 0.15) is 0 Å². The molecule has 0 saturated heterocycles. The zero-order valence-electron chi connectivity index (χ0n) is 8.35. The summed E-state index contributed by atoms with van der Waals surface area (Å²) in [4.78, 5) is 0. The van der Waals surface area contributed by atoms with Crippen molar-refractivity contribution in [3.8, 4) is 0 Å². The van der Waals surface area contributed by atoms with Crippen molar-refractivity contribution in [3.05, 3.63) is 67.8 Å². The fourth-order valence-electron chi connectivity index (χ4n) is 1.08. The molecule has 2 aromatic carbocycles. The summed E-state index contributed by atoms with van der Waals surface area (Å²) in [5, 5.41) is 0. The van der Waals surface area contributed by atoms with Crippen LogP contribution in [0.15, 0.2) is 60.7 Å². The van der Waals surface area contributed by atoms with Gasteiger partial charge in [-0.05, 0) is 24.3 Å². The molecule has 2 aromatic rings. The third-order valence-electron chi connectivity index (χ3n) is 1.68. The van der Waals surface area contributed by atoms with Crippen LogP contribution in [0, 0.1) is 7.14 Å². The molecule has 0 amide bonds. The van der Waals surface area contributed by atoms with Crippen LogP contribution in [0.4, 0.5) is 0 Å². The molecule has 0 unspecified atom stereocenters. The summed E-state index contributed by atoms with van der Waals surface area (Å²) in [5.41, 5.74) is 0. The molecule has 2 rings (SSSR count). The molecule has 16 heavy (non-hydrogen) atoms. The van der Waals surface area contributed by atoms with Gasteiger partial charge in [0.2, 0.25) is 0 Å².